The lowest BCUT2D eigenvalue weighted by atomic mass is 9.88. The van der Waals surface area contributed by atoms with Gasteiger partial charge in [0.15, 0.2) is 0 Å². The number of nitrogens with one attached hydrogen (secondary N) is 3. The van der Waals surface area contributed by atoms with Crippen LogP contribution in [0.4, 0.5) is 20.6 Å². The van der Waals surface area contributed by atoms with Crippen molar-refractivity contribution in [1.29, 1.82) is 0 Å². The maximum atomic E-state index is 14.1. The van der Waals surface area contributed by atoms with Crippen LogP contribution in [0.5, 0.6) is 0 Å². The molecule has 0 spiro atoms. The molecule has 0 unspecified atom stereocenters. The van der Waals surface area contributed by atoms with Gasteiger partial charge in [0, 0.05) is 37.2 Å². The number of rotatable bonds is 6. The molecule has 2 aliphatic rings. The van der Waals surface area contributed by atoms with Gasteiger partial charge in [-0.2, -0.15) is 0 Å². The van der Waals surface area contributed by atoms with E-state index in [0.717, 1.165) is 38.5 Å². The van der Waals surface area contributed by atoms with Crippen molar-refractivity contribution in [3.8, 4) is 0 Å². The summed E-state index contributed by atoms with van der Waals surface area (Å²) in [6.07, 6.45) is 6.23. The monoisotopic (exact) mass is 404 g/mol. The van der Waals surface area contributed by atoms with Gasteiger partial charge in [0.1, 0.15) is 5.82 Å². The number of amides is 4. The number of nitrogens with zero attached hydrogens (tertiary/aromatic N) is 1. The molecule has 1 aromatic carbocycles. The van der Waals surface area contributed by atoms with Crippen LogP contribution in [0.25, 0.3) is 0 Å². The number of benzene rings is 1. The maximum absolute atomic E-state index is 14.1. The zero-order chi connectivity index (χ0) is 20.8. The van der Waals surface area contributed by atoms with E-state index in [-0.39, 0.29) is 29.5 Å². The van der Waals surface area contributed by atoms with Crippen molar-refractivity contribution in [2.75, 3.05) is 23.7 Å². The third kappa shape index (κ3) is 5.92. The Morgan fingerprint density at radius 2 is 1.93 bits per heavy atom. The molecule has 29 heavy (non-hydrogen) atoms. The van der Waals surface area contributed by atoms with Gasteiger partial charge in [-0.1, -0.05) is 19.3 Å². The van der Waals surface area contributed by atoms with Crippen molar-refractivity contribution < 1.29 is 18.8 Å². The largest absolute Gasteiger partial charge is 0.341 e. The SMILES string of the molecule is C[C@H](CN1CCCC1=O)NC(=O)Nc1ccc(F)c(NC(=O)C2CCCCC2)c1. The molecular weight excluding hydrogens is 375 g/mol. The normalized spacial score (nSPS) is 18.4. The van der Waals surface area contributed by atoms with Crippen LogP contribution >= 0.6 is 0 Å². The van der Waals surface area contributed by atoms with Crippen molar-refractivity contribution >= 4 is 29.2 Å². The van der Waals surface area contributed by atoms with E-state index in [1.165, 1.54) is 18.2 Å². The van der Waals surface area contributed by atoms with E-state index in [1.54, 1.807) is 4.90 Å². The number of halogens is 1. The number of hydrogen-bond acceptors (Lipinski definition) is 3. The second-order valence-electron chi connectivity index (χ2n) is 7.96. The molecule has 1 aliphatic carbocycles. The van der Waals surface area contributed by atoms with Gasteiger partial charge >= 0.3 is 6.03 Å². The first kappa shape index (κ1) is 21.1. The summed E-state index contributed by atoms with van der Waals surface area (Å²) >= 11 is 0. The molecule has 0 bridgehead atoms. The number of anilines is 2. The van der Waals surface area contributed by atoms with E-state index in [9.17, 15) is 18.8 Å². The van der Waals surface area contributed by atoms with E-state index < -0.39 is 11.8 Å². The standard InChI is InChI=1S/C21H29FN4O3/c1-14(13-26-11-5-8-19(26)27)23-21(29)24-16-9-10-17(22)18(12-16)25-20(28)15-6-3-2-4-7-15/h9-10,12,14-15H,2-8,11,13H2,1H3,(H,25,28)(H2,23,24,29)/t14-/m1/s1. The van der Waals surface area contributed by atoms with Crippen molar-refractivity contribution in [1.82, 2.24) is 10.2 Å². The van der Waals surface area contributed by atoms with Crippen LogP contribution < -0.4 is 16.0 Å². The minimum Gasteiger partial charge on any atom is -0.341 e. The van der Waals surface area contributed by atoms with Crippen LogP contribution in [0.2, 0.25) is 0 Å². The highest BCUT2D eigenvalue weighted by Gasteiger charge is 2.23. The van der Waals surface area contributed by atoms with E-state index in [0.29, 0.717) is 25.2 Å². The van der Waals surface area contributed by atoms with Gasteiger partial charge in [-0.05, 0) is 44.4 Å². The van der Waals surface area contributed by atoms with Crippen LogP contribution in [0.15, 0.2) is 18.2 Å². The zero-order valence-corrected chi connectivity index (χ0v) is 16.8. The first-order valence-corrected chi connectivity index (χ1v) is 10.4. The topological polar surface area (TPSA) is 90.5 Å². The number of hydrogen-bond donors (Lipinski definition) is 3. The second-order valence-corrected chi connectivity index (χ2v) is 7.96. The molecule has 8 heteroatoms. The van der Waals surface area contributed by atoms with Crippen LogP contribution in [0, 0.1) is 11.7 Å². The second kappa shape index (κ2) is 9.71. The maximum Gasteiger partial charge on any atom is 0.319 e. The third-order valence-corrected chi connectivity index (χ3v) is 5.50. The van der Waals surface area contributed by atoms with Gasteiger partial charge in [0.25, 0.3) is 0 Å². The van der Waals surface area contributed by atoms with Gasteiger partial charge in [0.05, 0.1) is 5.69 Å². The van der Waals surface area contributed by atoms with Crippen LogP contribution in [-0.4, -0.2) is 41.9 Å². The molecule has 0 aromatic heterocycles. The van der Waals surface area contributed by atoms with Crippen molar-refractivity contribution in [2.45, 2.75) is 57.9 Å². The Morgan fingerprint density at radius 1 is 1.17 bits per heavy atom. The van der Waals surface area contributed by atoms with Crippen molar-refractivity contribution in [2.24, 2.45) is 5.92 Å². The molecule has 1 aliphatic heterocycles. The Hall–Kier alpha value is -2.64. The lowest BCUT2D eigenvalue weighted by Gasteiger charge is -2.22. The molecule has 1 saturated carbocycles. The molecule has 4 amide bonds. The average Bonchev–Trinajstić information content (AvgIpc) is 3.09. The third-order valence-electron chi connectivity index (χ3n) is 5.50. The highest BCUT2D eigenvalue weighted by molar-refractivity contribution is 5.94. The summed E-state index contributed by atoms with van der Waals surface area (Å²) in [5.74, 6) is -0.691. The molecule has 1 aromatic rings. The molecule has 2 fully saturated rings. The molecule has 1 saturated heterocycles. The first-order valence-electron chi connectivity index (χ1n) is 10.4. The van der Waals surface area contributed by atoms with E-state index >= 15 is 0 Å². The van der Waals surface area contributed by atoms with Crippen LogP contribution in [-0.2, 0) is 9.59 Å². The van der Waals surface area contributed by atoms with Gasteiger partial charge in [0.2, 0.25) is 11.8 Å². The zero-order valence-electron chi connectivity index (χ0n) is 16.8. The fourth-order valence-corrected chi connectivity index (χ4v) is 3.96. The molecule has 1 heterocycles. The Morgan fingerprint density at radius 3 is 2.62 bits per heavy atom. The van der Waals surface area contributed by atoms with E-state index in [2.05, 4.69) is 16.0 Å². The predicted octanol–water partition coefficient (Wildman–Crippen LogP) is 3.48. The molecule has 7 nitrogen and oxygen atoms in total. The highest BCUT2D eigenvalue weighted by atomic mass is 19.1. The summed E-state index contributed by atoms with van der Waals surface area (Å²) < 4.78 is 14.1. The van der Waals surface area contributed by atoms with E-state index in [4.69, 9.17) is 0 Å². The number of likely N-dealkylation sites (tertiary alicyclic amines) is 1. The molecule has 0 radical (unpaired) electrons. The Bertz CT molecular complexity index is 764. The van der Waals surface area contributed by atoms with Crippen LogP contribution in [0.3, 0.4) is 0 Å². The predicted molar refractivity (Wildman–Crippen MR) is 109 cm³/mol. The number of carbonyl (C=O) groups is 3. The first-order chi connectivity index (χ1) is 13.9. The van der Waals surface area contributed by atoms with Crippen LogP contribution in [0.1, 0.15) is 51.9 Å². The summed E-state index contributed by atoms with van der Waals surface area (Å²) in [6, 6.07) is 3.42. The molecule has 158 valence electrons. The lowest BCUT2D eigenvalue weighted by Crippen LogP contribution is -2.44. The van der Waals surface area contributed by atoms with E-state index in [1.807, 2.05) is 6.92 Å². The Kier molecular flexibility index (Phi) is 7.06. The van der Waals surface area contributed by atoms with Gasteiger partial charge in [-0.15, -0.1) is 0 Å². The summed E-state index contributed by atoms with van der Waals surface area (Å²) in [7, 11) is 0. The van der Waals surface area contributed by atoms with Gasteiger partial charge < -0.3 is 20.9 Å². The molecule has 3 N–H and O–H groups in total. The minimum atomic E-state index is -0.541. The Labute approximate surface area is 170 Å². The number of carbonyl (C=O) groups excluding carboxylic acids is 3. The molecule has 3 rings (SSSR count). The molecule has 1 atom stereocenters. The Balaban J connectivity index is 1.53. The smallest absolute Gasteiger partial charge is 0.319 e. The quantitative estimate of drug-likeness (QED) is 0.678. The summed E-state index contributed by atoms with van der Waals surface area (Å²) in [5.41, 5.74) is 0.446. The summed E-state index contributed by atoms with van der Waals surface area (Å²) in [4.78, 5) is 38.0. The number of urea groups is 1. The fraction of sp³-hybridized carbons (Fsp3) is 0.571. The highest BCUT2D eigenvalue weighted by Crippen LogP contribution is 2.26. The average molecular weight is 404 g/mol. The fourth-order valence-electron chi connectivity index (χ4n) is 3.96. The van der Waals surface area contributed by atoms with Crippen molar-refractivity contribution in [3.05, 3.63) is 24.0 Å². The molecular formula is C21H29FN4O3. The van der Waals surface area contributed by atoms with Gasteiger partial charge in [-0.3, -0.25) is 9.59 Å². The summed E-state index contributed by atoms with van der Waals surface area (Å²) in [5, 5.41) is 8.09. The lowest BCUT2D eigenvalue weighted by molar-refractivity contribution is -0.128. The van der Waals surface area contributed by atoms with Crippen molar-refractivity contribution in [3.63, 3.8) is 0 Å². The minimum absolute atomic E-state index is 0.0640. The summed E-state index contributed by atoms with van der Waals surface area (Å²) in [6.45, 7) is 3.00. The van der Waals surface area contributed by atoms with Gasteiger partial charge in [-0.25, -0.2) is 9.18 Å².